The van der Waals surface area contributed by atoms with E-state index in [4.69, 9.17) is 5.73 Å². The summed E-state index contributed by atoms with van der Waals surface area (Å²) < 4.78 is 0. The van der Waals surface area contributed by atoms with E-state index in [1.165, 1.54) is 0 Å². The summed E-state index contributed by atoms with van der Waals surface area (Å²) in [6, 6.07) is 13.4. The minimum atomic E-state index is 0.292. The first-order valence-electron chi connectivity index (χ1n) is 6.20. The molecule has 0 fully saturated rings. The summed E-state index contributed by atoms with van der Waals surface area (Å²) in [6.07, 6.45) is 3.32. The third kappa shape index (κ3) is 3.62. The van der Waals surface area contributed by atoms with Crippen LogP contribution in [0.4, 0.5) is 0 Å². The summed E-state index contributed by atoms with van der Waals surface area (Å²) in [5.41, 5.74) is 9.49. The van der Waals surface area contributed by atoms with E-state index in [0.29, 0.717) is 11.5 Å². The van der Waals surface area contributed by atoms with Crippen molar-refractivity contribution in [1.82, 2.24) is 4.98 Å². The van der Waals surface area contributed by atoms with Gasteiger partial charge in [-0.05, 0) is 30.2 Å². The highest BCUT2D eigenvalue weighted by Gasteiger charge is 1.97. The molecule has 2 N–H and O–H groups in total. The summed E-state index contributed by atoms with van der Waals surface area (Å²) in [7, 11) is 0. The van der Waals surface area contributed by atoms with Gasteiger partial charge in [0.2, 0.25) is 0 Å². The lowest BCUT2D eigenvalue weighted by Crippen LogP contribution is -2.14. The summed E-state index contributed by atoms with van der Waals surface area (Å²) in [5, 5.41) is 7.90. The lowest BCUT2D eigenvalue weighted by Gasteiger charge is -1.99. The number of nitrogens with zero attached hydrogens (tertiary/aromatic N) is 3. The molecule has 1 heterocycles. The van der Waals surface area contributed by atoms with E-state index >= 15 is 0 Å². The first kappa shape index (κ1) is 13.7. The average molecular weight is 264 g/mol. The Balaban J connectivity index is 2.08. The van der Waals surface area contributed by atoms with Crippen molar-refractivity contribution in [1.29, 1.82) is 0 Å². The molecule has 2 aromatic rings. The number of nitrogens with two attached hydrogens (primary N) is 1. The molecule has 0 spiro atoms. The van der Waals surface area contributed by atoms with Gasteiger partial charge in [-0.15, -0.1) is 5.10 Å². The second kappa shape index (κ2) is 6.43. The lowest BCUT2D eigenvalue weighted by molar-refractivity contribution is 1.20. The summed E-state index contributed by atoms with van der Waals surface area (Å²) >= 11 is 0. The van der Waals surface area contributed by atoms with Crippen LogP contribution < -0.4 is 5.73 Å². The summed E-state index contributed by atoms with van der Waals surface area (Å²) in [5.74, 6) is 0.292. The van der Waals surface area contributed by atoms with Crippen molar-refractivity contribution in [2.45, 2.75) is 6.92 Å². The Morgan fingerprint density at radius 3 is 2.55 bits per heavy atom. The summed E-state index contributed by atoms with van der Waals surface area (Å²) in [4.78, 5) is 4.10. The molecule has 4 nitrogen and oxygen atoms in total. The number of hydrogen-bond donors (Lipinski definition) is 1. The summed E-state index contributed by atoms with van der Waals surface area (Å²) in [6.45, 7) is 5.87. The fraction of sp³-hybridized carbons (Fsp3) is 0.0625. The number of rotatable bonds is 4. The zero-order valence-electron chi connectivity index (χ0n) is 11.3. The van der Waals surface area contributed by atoms with Crippen LogP contribution in [0.2, 0.25) is 0 Å². The molecule has 0 aliphatic carbocycles. The van der Waals surface area contributed by atoms with Crippen molar-refractivity contribution < 1.29 is 0 Å². The van der Waals surface area contributed by atoms with Crippen LogP contribution in [0.5, 0.6) is 0 Å². The van der Waals surface area contributed by atoms with Gasteiger partial charge >= 0.3 is 0 Å². The van der Waals surface area contributed by atoms with Crippen LogP contribution in [0.25, 0.3) is 5.57 Å². The predicted octanol–water partition coefficient (Wildman–Crippen LogP) is 2.85. The molecule has 0 saturated heterocycles. The van der Waals surface area contributed by atoms with Crippen LogP contribution in [-0.4, -0.2) is 17.0 Å². The van der Waals surface area contributed by atoms with E-state index in [-0.39, 0.29) is 0 Å². The monoisotopic (exact) mass is 264 g/mol. The number of aromatic nitrogens is 1. The number of allylic oxidation sites excluding steroid dienone is 1. The van der Waals surface area contributed by atoms with Crippen molar-refractivity contribution in [3.8, 4) is 0 Å². The first-order valence-corrected chi connectivity index (χ1v) is 6.20. The Bertz CT molecular complexity index is 640. The molecule has 0 aliphatic rings. The molecule has 2 rings (SSSR count). The molecular weight excluding hydrogens is 248 g/mol. The van der Waals surface area contributed by atoms with Gasteiger partial charge in [0.15, 0.2) is 5.84 Å². The molecular formula is C16H16N4. The van der Waals surface area contributed by atoms with Gasteiger partial charge in [-0.25, -0.2) is 0 Å². The normalized spacial score (nSPS) is 11.8. The molecule has 0 saturated carbocycles. The number of benzene rings is 1. The molecule has 0 aliphatic heterocycles. The lowest BCUT2D eigenvalue weighted by atomic mass is 10.1. The fourth-order valence-electron chi connectivity index (χ4n) is 1.58. The molecule has 4 heteroatoms. The molecule has 20 heavy (non-hydrogen) atoms. The maximum Gasteiger partial charge on any atom is 0.171 e. The van der Waals surface area contributed by atoms with Crippen LogP contribution in [0.3, 0.4) is 0 Å². The molecule has 0 atom stereocenters. The molecule has 0 amide bonds. The Morgan fingerprint density at radius 2 is 1.95 bits per heavy atom. The van der Waals surface area contributed by atoms with Gasteiger partial charge in [0.05, 0.1) is 6.21 Å². The largest absolute Gasteiger partial charge is 0.380 e. The first-order chi connectivity index (χ1) is 9.66. The Kier molecular flexibility index (Phi) is 4.39. The molecule has 0 unspecified atom stereocenters. The van der Waals surface area contributed by atoms with E-state index in [9.17, 15) is 0 Å². The second-order valence-corrected chi connectivity index (χ2v) is 4.35. The SMILES string of the molecule is C=C(C)c1ccc(/C=N/N=C(\N)c2ccccn2)cc1. The van der Waals surface area contributed by atoms with Gasteiger partial charge in [0, 0.05) is 6.20 Å². The third-order valence-electron chi connectivity index (χ3n) is 2.70. The van der Waals surface area contributed by atoms with Gasteiger partial charge in [-0.2, -0.15) is 5.10 Å². The Morgan fingerprint density at radius 1 is 1.20 bits per heavy atom. The van der Waals surface area contributed by atoms with Gasteiger partial charge in [-0.1, -0.05) is 42.5 Å². The van der Waals surface area contributed by atoms with Crippen molar-refractivity contribution in [3.63, 3.8) is 0 Å². The van der Waals surface area contributed by atoms with Crippen molar-refractivity contribution in [2.75, 3.05) is 0 Å². The Labute approximate surface area is 118 Å². The zero-order valence-corrected chi connectivity index (χ0v) is 11.3. The zero-order chi connectivity index (χ0) is 14.4. The second-order valence-electron chi connectivity index (χ2n) is 4.35. The van der Waals surface area contributed by atoms with E-state index in [1.54, 1.807) is 18.5 Å². The standard InChI is InChI=1S/C16H16N4/c1-12(2)14-8-6-13(7-9-14)11-19-20-16(17)15-5-3-4-10-18-15/h3-11H,1H2,2H3,(H2,17,20)/b19-11+. The molecule has 0 bridgehead atoms. The highest BCUT2D eigenvalue weighted by atomic mass is 15.2. The molecule has 1 aromatic carbocycles. The number of pyridine rings is 1. The van der Waals surface area contributed by atoms with E-state index in [2.05, 4.69) is 21.8 Å². The highest BCUT2D eigenvalue weighted by molar-refractivity contribution is 5.95. The third-order valence-corrected chi connectivity index (χ3v) is 2.70. The van der Waals surface area contributed by atoms with Gasteiger partial charge in [0.25, 0.3) is 0 Å². The van der Waals surface area contributed by atoms with Gasteiger partial charge < -0.3 is 5.73 Å². The predicted molar refractivity (Wildman–Crippen MR) is 83.7 cm³/mol. The minimum Gasteiger partial charge on any atom is -0.380 e. The number of hydrogen-bond acceptors (Lipinski definition) is 3. The van der Waals surface area contributed by atoms with Crippen molar-refractivity contribution >= 4 is 17.6 Å². The maximum absolute atomic E-state index is 5.79. The van der Waals surface area contributed by atoms with Crippen molar-refractivity contribution in [2.24, 2.45) is 15.9 Å². The Hall–Kier alpha value is -2.75. The van der Waals surface area contributed by atoms with E-state index < -0.39 is 0 Å². The minimum absolute atomic E-state index is 0.292. The van der Waals surface area contributed by atoms with Crippen LogP contribution in [0, 0.1) is 0 Å². The average Bonchev–Trinajstić information content (AvgIpc) is 2.48. The van der Waals surface area contributed by atoms with Crippen LogP contribution in [0.1, 0.15) is 23.7 Å². The smallest absolute Gasteiger partial charge is 0.171 e. The van der Waals surface area contributed by atoms with Crippen LogP contribution in [0.15, 0.2) is 65.4 Å². The van der Waals surface area contributed by atoms with Crippen LogP contribution in [-0.2, 0) is 0 Å². The highest BCUT2D eigenvalue weighted by Crippen LogP contribution is 2.11. The van der Waals surface area contributed by atoms with Gasteiger partial charge in [0.1, 0.15) is 5.69 Å². The van der Waals surface area contributed by atoms with Crippen molar-refractivity contribution in [3.05, 3.63) is 72.1 Å². The topological polar surface area (TPSA) is 63.6 Å². The number of amidine groups is 1. The molecule has 100 valence electrons. The quantitative estimate of drug-likeness (QED) is 0.524. The van der Waals surface area contributed by atoms with E-state index in [0.717, 1.165) is 16.7 Å². The van der Waals surface area contributed by atoms with E-state index in [1.807, 2.05) is 43.3 Å². The maximum atomic E-state index is 5.79. The van der Waals surface area contributed by atoms with Gasteiger partial charge in [-0.3, -0.25) is 4.98 Å². The molecule has 1 aromatic heterocycles. The molecule has 0 radical (unpaired) electrons. The fourth-order valence-corrected chi connectivity index (χ4v) is 1.58. The van der Waals surface area contributed by atoms with Crippen LogP contribution >= 0.6 is 0 Å².